The summed E-state index contributed by atoms with van der Waals surface area (Å²) in [6, 6.07) is 7.78. The number of nitrogens with one attached hydrogen (secondary N) is 1. The summed E-state index contributed by atoms with van der Waals surface area (Å²) in [6.07, 6.45) is 11.4. The topological polar surface area (TPSA) is 32.6 Å². The highest BCUT2D eigenvalue weighted by Crippen LogP contribution is 2.34. The van der Waals surface area contributed by atoms with Crippen LogP contribution in [0.5, 0.6) is 0 Å². The van der Waals surface area contributed by atoms with Crippen molar-refractivity contribution in [1.82, 2.24) is 14.8 Å². The second kappa shape index (κ2) is 7.84. The van der Waals surface area contributed by atoms with Gasteiger partial charge in [-0.3, -0.25) is 9.89 Å². The summed E-state index contributed by atoms with van der Waals surface area (Å²) < 4.78 is 2.61. The molecular weight excluding hydrogens is 344 g/mol. The Balaban J connectivity index is 1.46. The van der Waals surface area contributed by atoms with E-state index in [1.165, 1.54) is 61.1 Å². The van der Waals surface area contributed by atoms with E-state index >= 15 is 0 Å². The first kappa shape index (κ1) is 18.1. The molecule has 28 heavy (non-hydrogen) atoms. The zero-order valence-electron chi connectivity index (χ0n) is 17.1. The van der Waals surface area contributed by atoms with Crippen molar-refractivity contribution in [3.05, 3.63) is 46.8 Å². The lowest BCUT2D eigenvalue weighted by atomic mass is 9.98. The largest absolute Gasteiger partial charge is 0.344 e. The summed E-state index contributed by atoms with van der Waals surface area (Å²) in [6.45, 7) is 7.93. The monoisotopic (exact) mass is 376 g/mol. The molecule has 0 aliphatic carbocycles. The molecule has 0 saturated carbocycles. The summed E-state index contributed by atoms with van der Waals surface area (Å²) in [4.78, 5) is 7.37. The van der Waals surface area contributed by atoms with Crippen LogP contribution in [0.15, 0.2) is 35.0 Å². The lowest BCUT2D eigenvalue weighted by Gasteiger charge is -2.37. The summed E-state index contributed by atoms with van der Waals surface area (Å²) in [5.41, 5.74) is 7.21. The highest BCUT2D eigenvalue weighted by atomic mass is 15.2. The highest BCUT2D eigenvalue weighted by molar-refractivity contribution is 5.86. The molecule has 4 heteroatoms. The molecule has 1 saturated heterocycles. The van der Waals surface area contributed by atoms with Crippen LogP contribution in [0.3, 0.4) is 0 Å². The van der Waals surface area contributed by atoms with Gasteiger partial charge < -0.3 is 9.88 Å². The predicted molar refractivity (Wildman–Crippen MR) is 117 cm³/mol. The van der Waals surface area contributed by atoms with Gasteiger partial charge >= 0.3 is 0 Å². The number of benzene rings is 1. The molecule has 1 aromatic carbocycles. The first-order valence-electron chi connectivity index (χ1n) is 11.1. The molecule has 1 N–H and O–H groups in total. The Morgan fingerprint density at radius 1 is 1.18 bits per heavy atom. The third-order valence-corrected chi connectivity index (χ3v) is 6.79. The molecule has 2 aromatic rings. The van der Waals surface area contributed by atoms with E-state index in [-0.39, 0.29) is 0 Å². The zero-order chi connectivity index (χ0) is 18.9. The fraction of sp³-hybridized carbons (Fsp3) is 0.542. The van der Waals surface area contributed by atoms with Gasteiger partial charge in [-0.15, -0.1) is 0 Å². The molecule has 0 spiro atoms. The number of hydrogen-bond acceptors (Lipinski definition) is 3. The van der Waals surface area contributed by atoms with Crippen molar-refractivity contribution in [2.45, 2.75) is 64.6 Å². The molecule has 0 unspecified atom stereocenters. The van der Waals surface area contributed by atoms with Crippen molar-refractivity contribution in [1.29, 1.82) is 0 Å². The fourth-order valence-electron chi connectivity index (χ4n) is 5.28. The van der Waals surface area contributed by atoms with E-state index in [9.17, 15) is 0 Å². The van der Waals surface area contributed by atoms with E-state index in [0.717, 1.165) is 38.4 Å². The van der Waals surface area contributed by atoms with E-state index in [1.807, 2.05) is 0 Å². The molecule has 3 aliphatic heterocycles. The highest BCUT2D eigenvalue weighted by Gasteiger charge is 2.28. The maximum atomic E-state index is 4.62. The first-order chi connectivity index (χ1) is 13.8. The van der Waals surface area contributed by atoms with Crippen molar-refractivity contribution >= 4 is 17.1 Å². The normalized spacial score (nSPS) is 21.1. The van der Waals surface area contributed by atoms with Crippen LogP contribution in [-0.4, -0.2) is 41.4 Å². The average molecular weight is 377 g/mol. The van der Waals surface area contributed by atoms with Gasteiger partial charge in [0.2, 0.25) is 0 Å². The maximum absolute atomic E-state index is 4.62. The second-order valence-corrected chi connectivity index (χ2v) is 8.63. The predicted octanol–water partition coefficient (Wildman–Crippen LogP) is 4.20. The van der Waals surface area contributed by atoms with Crippen molar-refractivity contribution in [2.75, 3.05) is 19.6 Å². The van der Waals surface area contributed by atoms with Gasteiger partial charge in [0.05, 0.1) is 0 Å². The summed E-state index contributed by atoms with van der Waals surface area (Å²) in [5, 5.41) is 5.00. The minimum Gasteiger partial charge on any atom is -0.344 e. The van der Waals surface area contributed by atoms with E-state index in [1.54, 1.807) is 11.3 Å². The Morgan fingerprint density at radius 2 is 2.07 bits per heavy atom. The molecule has 5 rings (SSSR count). The number of fused-ring (bicyclic) bond motifs is 3. The van der Waals surface area contributed by atoms with Crippen LogP contribution in [0.2, 0.25) is 0 Å². The van der Waals surface area contributed by atoms with Crippen LogP contribution in [-0.2, 0) is 19.5 Å². The Kier molecular flexibility index (Phi) is 5.08. The smallest absolute Gasteiger partial charge is 0.0486 e. The molecule has 0 amide bonds. The van der Waals surface area contributed by atoms with Crippen LogP contribution in [0, 0.1) is 6.92 Å². The lowest BCUT2D eigenvalue weighted by molar-refractivity contribution is 0.146. The van der Waals surface area contributed by atoms with Crippen molar-refractivity contribution in [3.8, 4) is 0 Å². The van der Waals surface area contributed by atoms with Crippen LogP contribution in [0.1, 0.15) is 48.9 Å². The van der Waals surface area contributed by atoms with Crippen LogP contribution >= 0.6 is 0 Å². The molecule has 4 nitrogen and oxygen atoms in total. The third kappa shape index (κ3) is 3.44. The minimum absolute atomic E-state index is 0.749. The standard InChI is InChI=1S/C24H32N4/c1-18-5-6-23-21(16-18)22-17-27(20-7-12-25-13-8-20)14-10-24(22)28(23)15-9-19-4-2-3-11-26-19/h4-6,11,16,20,25H,2-3,7-10,12-15,17H2,1H3. The van der Waals surface area contributed by atoms with Gasteiger partial charge in [-0.05, 0) is 63.4 Å². The summed E-state index contributed by atoms with van der Waals surface area (Å²) in [7, 11) is 0. The fourth-order valence-corrected chi connectivity index (χ4v) is 5.28. The Labute approximate surface area is 168 Å². The van der Waals surface area contributed by atoms with Crippen molar-refractivity contribution in [3.63, 3.8) is 0 Å². The second-order valence-electron chi connectivity index (χ2n) is 8.63. The van der Waals surface area contributed by atoms with Gasteiger partial charge in [0.15, 0.2) is 0 Å². The Bertz CT molecular complexity index is 914. The summed E-state index contributed by atoms with van der Waals surface area (Å²) in [5.74, 6) is 0. The Hall–Kier alpha value is -1.91. The molecule has 1 fully saturated rings. The summed E-state index contributed by atoms with van der Waals surface area (Å²) >= 11 is 0. The molecule has 148 valence electrons. The number of aliphatic imine (C=N–C) groups is 1. The third-order valence-electron chi connectivity index (χ3n) is 6.79. The van der Waals surface area contributed by atoms with E-state index in [2.05, 4.69) is 57.2 Å². The molecule has 0 bridgehead atoms. The lowest BCUT2D eigenvalue weighted by Crippen LogP contribution is -2.45. The number of nitrogens with zero attached hydrogens (tertiary/aromatic N) is 3. The Morgan fingerprint density at radius 3 is 2.89 bits per heavy atom. The molecule has 4 heterocycles. The minimum atomic E-state index is 0.749. The number of hydrogen-bond donors (Lipinski definition) is 1. The van der Waals surface area contributed by atoms with Gasteiger partial charge in [0.25, 0.3) is 0 Å². The average Bonchev–Trinajstić information content (AvgIpc) is 3.06. The number of rotatable bonds is 4. The van der Waals surface area contributed by atoms with Crippen molar-refractivity contribution < 1.29 is 0 Å². The number of allylic oxidation sites excluding steroid dienone is 2. The molecule has 0 atom stereocenters. The van der Waals surface area contributed by atoms with E-state index in [0.29, 0.717) is 0 Å². The number of aromatic nitrogens is 1. The first-order valence-corrected chi connectivity index (χ1v) is 11.1. The number of aryl methyl sites for hydroxylation is 2. The number of piperidine rings is 1. The van der Waals surface area contributed by atoms with Gasteiger partial charge in [-0.2, -0.15) is 0 Å². The molecule has 3 aliphatic rings. The molecule has 0 radical (unpaired) electrons. The van der Waals surface area contributed by atoms with Crippen LogP contribution in [0.4, 0.5) is 0 Å². The van der Waals surface area contributed by atoms with Gasteiger partial charge in [0.1, 0.15) is 0 Å². The van der Waals surface area contributed by atoms with Crippen LogP contribution < -0.4 is 5.32 Å². The SMILES string of the molecule is Cc1ccc2c(c1)c1c(n2CCC2=CCCC=N2)CCN(C2CCNCC2)C1. The van der Waals surface area contributed by atoms with Crippen LogP contribution in [0.25, 0.3) is 10.9 Å². The molecular formula is C24H32N4. The van der Waals surface area contributed by atoms with Gasteiger partial charge in [-0.1, -0.05) is 17.7 Å². The zero-order valence-corrected chi connectivity index (χ0v) is 17.1. The van der Waals surface area contributed by atoms with Gasteiger partial charge in [0, 0.05) is 67.0 Å². The molecule has 1 aromatic heterocycles. The van der Waals surface area contributed by atoms with E-state index in [4.69, 9.17) is 0 Å². The van der Waals surface area contributed by atoms with Gasteiger partial charge in [-0.25, -0.2) is 0 Å². The van der Waals surface area contributed by atoms with Crippen molar-refractivity contribution in [2.24, 2.45) is 4.99 Å². The maximum Gasteiger partial charge on any atom is 0.0486 e. The van der Waals surface area contributed by atoms with E-state index < -0.39 is 0 Å². The quantitative estimate of drug-likeness (QED) is 0.867.